The molecule has 0 aromatic carbocycles. The van der Waals surface area contributed by atoms with Gasteiger partial charge in [-0.15, -0.1) is 4.99 Å². The standard InChI is InChI=1S/C48H75N4O6/c1-58-46-25-34-13-18-44(56)40(43(55)8-4-3-7-37-24-35-11-16-39(54)27-42(35)52-48(37)20-5-2-6-21-48)17-12-32(41(34)28-45(46)57)9-14-38(53)15-10-33-26-47(49)51-30-36(33)23-31-19-22-50-29-31/h19,22,29,32-38,40-43,45-47,51-53,55,57H,2-11,13-16,18,20-21,23-28,30,49H2,1H3/q+1. The topological polar surface area (TPSA) is 166 Å². The summed E-state index contributed by atoms with van der Waals surface area (Å²) in [5.74, 6) is 8.86. The zero-order valence-corrected chi connectivity index (χ0v) is 35.4. The predicted octanol–water partition coefficient (Wildman–Crippen LogP) is 5.95. The fourth-order valence-corrected chi connectivity index (χ4v) is 12.8. The van der Waals surface area contributed by atoms with Crippen LogP contribution in [-0.4, -0.2) is 88.9 Å². The maximum atomic E-state index is 13.8. The molecule has 3 heterocycles. The number of methoxy groups -OCH3 is 1. The number of carbonyl (C=O) groups excluding carboxylic acids is 2. The van der Waals surface area contributed by atoms with Gasteiger partial charge in [-0.05, 0) is 125 Å². The van der Waals surface area contributed by atoms with Crippen molar-refractivity contribution in [1.82, 2.24) is 10.6 Å². The number of nitrogens with two attached hydrogens (primary N) is 1. The van der Waals surface area contributed by atoms with Gasteiger partial charge in [0.05, 0.1) is 36.7 Å². The molecule has 7 rings (SSSR count). The first-order valence-electron chi connectivity index (χ1n) is 23.6. The number of rotatable bonds is 15. The zero-order valence-electron chi connectivity index (χ0n) is 35.4. The van der Waals surface area contributed by atoms with Crippen molar-refractivity contribution in [2.75, 3.05) is 13.7 Å². The van der Waals surface area contributed by atoms with Crippen molar-refractivity contribution >= 4 is 17.8 Å². The Labute approximate surface area is 348 Å². The van der Waals surface area contributed by atoms with E-state index in [4.69, 9.17) is 10.5 Å². The third-order valence-electron chi connectivity index (χ3n) is 16.2. The van der Waals surface area contributed by atoms with Crippen molar-refractivity contribution in [3.05, 3.63) is 18.2 Å². The first kappa shape index (κ1) is 44.0. The van der Waals surface area contributed by atoms with Crippen LogP contribution in [0, 0.1) is 65.7 Å². The van der Waals surface area contributed by atoms with Gasteiger partial charge < -0.3 is 36.4 Å². The number of fused-ring (bicyclic) bond motifs is 2. The Morgan fingerprint density at radius 3 is 2.57 bits per heavy atom. The minimum absolute atomic E-state index is 0.0249. The van der Waals surface area contributed by atoms with E-state index in [1.807, 2.05) is 12.8 Å². The second-order valence-electron chi connectivity index (χ2n) is 19.9. The maximum Gasteiger partial charge on any atom is 0.176 e. The summed E-state index contributed by atoms with van der Waals surface area (Å²) in [6, 6.07) is 0.343. The number of unbranched alkanes of at least 4 members (excludes halogenated alkanes) is 1. The quantitative estimate of drug-likeness (QED) is 0.0667. The summed E-state index contributed by atoms with van der Waals surface area (Å²) < 4.78 is 5.69. The summed E-state index contributed by atoms with van der Waals surface area (Å²) in [4.78, 5) is 30.4. The monoisotopic (exact) mass is 804 g/mol. The molecule has 14 unspecified atom stereocenters. The van der Waals surface area contributed by atoms with E-state index in [-0.39, 0.29) is 41.3 Å². The van der Waals surface area contributed by atoms with Crippen LogP contribution in [0.3, 0.4) is 0 Å². The van der Waals surface area contributed by atoms with Crippen molar-refractivity contribution in [1.29, 1.82) is 0 Å². The van der Waals surface area contributed by atoms with Gasteiger partial charge >= 0.3 is 0 Å². The van der Waals surface area contributed by atoms with Gasteiger partial charge in [0.25, 0.3) is 0 Å². The highest BCUT2D eigenvalue weighted by Crippen LogP contribution is 2.47. The lowest BCUT2D eigenvalue weighted by Gasteiger charge is -2.54. The van der Waals surface area contributed by atoms with Crippen molar-refractivity contribution in [2.24, 2.45) is 58.1 Å². The highest BCUT2D eigenvalue weighted by atomic mass is 16.5. The van der Waals surface area contributed by atoms with Gasteiger partial charge in [-0.3, -0.25) is 9.59 Å². The highest BCUT2D eigenvalue weighted by molar-refractivity contribution is 5.84. The fraction of sp³-hybridized carbons (Fsp3) is 0.833. The molecule has 1 spiro atoms. The Balaban J connectivity index is 0.961. The van der Waals surface area contributed by atoms with Crippen LogP contribution < -0.4 is 16.4 Å². The number of nitrogens with zero attached hydrogens (tertiary/aromatic N) is 1. The van der Waals surface area contributed by atoms with Gasteiger partial charge in [0.1, 0.15) is 29.6 Å². The van der Waals surface area contributed by atoms with Crippen LogP contribution in [0.1, 0.15) is 148 Å². The first-order chi connectivity index (χ1) is 28.1. The first-order valence-corrected chi connectivity index (χ1v) is 23.6. The molecule has 0 amide bonds. The molecule has 14 atom stereocenters. The predicted molar refractivity (Wildman–Crippen MR) is 227 cm³/mol. The second kappa shape index (κ2) is 20.6. The number of piperidine rings is 2. The molecular weight excluding hydrogens is 729 g/mol. The lowest BCUT2D eigenvalue weighted by atomic mass is 9.62. The molecule has 2 saturated heterocycles. The van der Waals surface area contributed by atoms with E-state index in [9.17, 15) is 24.9 Å². The number of ether oxygens (including phenoxy) is 1. The lowest BCUT2D eigenvalue weighted by molar-refractivity contribution is -0.125. The van der Waals surface area contributed by atoms with Crippen molar-refractivity contribution in [3.8, 4) is 11.8 Å². The van der Waals surface area contributed by atoms with E-state index < -0.39 is 24.2 Å². The molecule has 10 nitrogen and oxygen atoms in total. The molecule has 10 heteroatoms. The lowest BCUT2D eigenvalue weighted by Crippen LogP contribution is -2.63. The second-order valence-corrected chi connectivity index (χ2v) is 19.9. The molecule has 322 valence electrons. The minimum Gasteiger partial charge on any atom is -0.393 e. The normalized spacial score (nSPS) is 38.5. The molecule has 0 radical (unpaired) electrons. The van der Waals surface area contributed by atoms with Gasteiger partial charge in [-0.1, -0.05) is 43.9 Å². The number of aliphatic hydroxyl groups is 3. The molecule has 58 heavy (non-hydrogen) atoms. The summed E-state index contributed by atoms with van der Waals surface area (Å²) in [6.07, 6.45) is 22.4. The van der Waals surface area contributed by atoms with Gasteiger partial charge in [0, 0.05) is 56.8 Å². The molecule has 0 bridgehead atoms. The number of hydrogen-bond acceptors (Lipinski definition) is 10. The Bertz CT molecular complexity index is 1500. The van der Waals surface area contributed by atoms with Gasteiger partial charge in [0.15, 0.2) is 6.21 Å². The SMILES string of the molecule is COC1CC2CCC(=O)C(C(O)CCCCC3CC4CCC(=O)CC4NC34CCCCC4)C#CC(CCC(O)CCC3CC(N)NCC3CC3=C[CH+]N=C3)C2CC1O. The van der Waals surface area contributed by atoms with Crippen molar-refractivity contribution in [2.45, 2.75) is 190 Å². The van der Waals surface area contributed by atoms with Crippen LogP contribution in [0.25, 0.3) is 0 Å². The number of carbonyl (C=O) groups is 2. The number of Topliss-reactive ketones (excluding diaryl/α,β-unsaturated/α-hetero) is 2. The maximum absolute atomic E-state index is 13.8. The highest BCUT2D eigenvalue weighted by Gasteiger charge is 2.48. The van der Waals surface area contributed by atoms with Crippen molar-refractivity contribution < 1.29 is 29.6 Å². The van der Waals surface area contributed by atoms with Gasteiger partial charge in [-0.25, -0.2) is 0 Å². The van der Waals surface area contributed by atoms with Crippen LogP contribution >= 0.6 is 0 Å². The summed E-state index contributed by atoms with van der Waals surface area (Å²) in [5, 5.41) is 41.6. The van der Waals surface area contributed by atoms with E-state index in [2.05, 4.69) is 33.5 Å². The fourth-order valence-electron chi connectivity index (χ4n) is 12.8. The molecule has 3 saturated carbocycles. The van der Waals surface area contributed by atoms with Crippen LogP contribution in [0.4, 0.5) is 0 Å². The summed E-state index contributed by atoms with van der Waals surface area (Å²) in [6.45, 7) is 2.72. The Hall–Kier alpha value is -2.10. The number of aliphatic imine (C=N–C) groups is 1. The van der Waals surface area contributed by atoms with Crippen LogP contribution in [0.15, 0.2) is 16.6 Å². The Morgan fingerprint density at radius 1 is 0.966 bits per heavy atom. The zero-order chi connectivity index (χ0) is 40.6. The number of ketones is 2. The van der Waals surface area contributed by atoms with Crippen LogP contribution in [0.2, 0.25) is 0 Å². The molecular formula is C48H75N4O6+. The van der Waals surface area contributed by atoms with Gasteiger partial charge in [0.2, 0.25) is 0 Å². The van der Waals surface area contributed by atoms with E-state index in [1.54, 1.807) is 7.11 Å². The average Bonchev–Trinajstić information content (AvgIpc) is 3.75. The smallest absolute Gasteiger partial charge is 0.176 e. The molecule has 4 aliphatic carbocycles. The number of hydrogen-bond donors (Lipinski definition) is 6. The van der Waals surface area contributed by atoms with Gasteiger partial charge in [-0.2, -0.15) is 0 Å². The van der Waals surface area contributed by atoms with Crippen molar-refractivity contribution in [3.63, 3.8) is 0 Å². The number of nitrogens with one attached hydrogen (secondary N) is 2. The summed E-state index contributed by atoms with van der Waals surface area (Å²) >= 11 is 0. The summed E-state index contributed by atoms with van der Waals surface area (Å²) in [7, 11) is 1.65. The third kappa shape index (κ3) is 11.0. The summed E-state index contributed by atoms with van der Waals surface area (Å²) in [5.41, 5.74) is 7.72. The molecule has 0 aromatic heterocycles. The van der Waals surface area contributed by atoms with E-state index in [0.717, 1.165) is 57.9 Å². The molecule has 3 aliphatic heterocycles. The van der Waals surface area contributed by atoms with E-state index in [1.165, 1.54) is 44.1 Å². The molecule has 5 fully saturated rings. The number of allylic oxidation sites excluding steroid dienone is 1. The van der Waals surface area contributed by atoms with E-state index in [0.29, 0.717) is 93.3 Å². The average molecular weight is 804 g/mol. The minimum atomic E-state index is -0.806. The molecule has 7 N–H and O–H groups in total. The Morgan fingerprint density at radius 2 is 1.78 bits per heavy atom. The molecule has 7 aliphatic rings. The van der Waals surface area contributed by atoms with Crippen LogP contribution in [0.5, 0.6) is 0 Å². The largest absolute Gasteiger partial charge is 0.393 e. The molecule has 0 aromatic rings. The third-order valence-corrected chi connectivity index (χ3v) is 16.2. The van der Waals surface area contributed by atoms with Crippen LogP contribution in [-0.2, 0) is 14.3 Å². The Kier molecular flexibility index (Phi) is 15.7. The van der Waals surface area contributed by atoms with E-state index >= 15 is 0 Å². The number of aliphatic hydroxyl groups excluding tert-OH is 3.